The van der Waals surface area contributed by atoms with Gasteiger partial charge in [0, 0.05) is 23.0 Å². The predicted molar refractivity (Wildman–Crippen MR) is 77.0 cm³/mol. The Morgan fingerprint density at radius 3 is 3.00 bits per heavy atom. The van der Waals surface area contributed by atoms with Crippen molar-refractivity contribution in [1.29, 1.82) is 0 Å². The van der Waals surface area contributed by atoms with E-state index in [9.17, 15) is 4.79 Å². The Morgan fingerprint density at radius 1 is 1.42 bits per heavy atom. The number of aromatic nitrogens is 1. The molecule has 1 amide bonds. The number of fused-ring (bicyclic) bond motifs is 1. The van der Waals surface area contributed by atoms with Crippen molar-refractivity contribution in [2.75, 3.05) is 0 Å². The molecule has 3 nitrogen and oxygen atoms in total. The van der Waals surface area contributed by atoms with E-state index in [2.05, 4.69) is 21.7 Å². The summed E-state index contributed by atoms with van der Waals surface area (Å²) in [7, 11) is 0. The average molecular weight is 293 g/mol. The van der Waals surface area contributed by atoms with E-state index in [4.69, 9.17) is 11.6 Å². The molecule has 0 aliphatic heterocycles. The molecule has 2 heterocycles. The summed E-state index contributed by atoms with van der Waals surface area (Å²) >= 11 is 7.76. The third-order valence-electron chi connectivity index (χ3n) is 3.30. The zero-order valence-electron chi connectivity index (χ0n) is 10.4. The van der Waals surface area contributed by atoms with Crippen molar-refractivity contribution >= 4 is 28.8 Å². The van der Waals surface area contributed by atoms with Crippen LogP contribution in [0.3, 0.4) is 0 Å². The maximum absolute atomic E-state index is 12.2. The number of rotatable bonds is 2. The van der Waals surface area contributed by atoms with Crippen molar-refractivity contribution in [3.8, 4) is 0 Å². The number of carbonyl (C=O) groups excluding carboxylic acids is 1. The van der Waals surface area contributed by atoms with E-state index in [1.807, 2.05) is 6.92 Å². The lowest BCUT2D eigenvalue weighted by Crippen LogP contribution is -2.35. The quantitative estimate of drug-likeness (QED) is 0.865. The first kappa shape index (κ1) is 12.6. The summed E-state index contributed by atoms with van der Waals surface area (Å²) in [4.78, 5) is 17.7. The van der Waals surface area contributed by atoms with Gasteiger partial charge in [-0.2, -0.15) is 0 Å². The number of nitrogens with one attached hydrogen (secondary N) is 1. The fraction of sp³-hybridized carbons (Fsp3) is 0.286. The van der Waals surface area contributed by atoms with Crippen LogP contribution in [0.4, 0.5) is 0 Å². The standard InChI is InChI=1S/C14H13ClN2OS/c1-8-2-3-11(13(15)16-8)14(18)17-10-6-9-4-5-19-12(9)7-10/h2-5,10H,6-7H2,1H3,(H,17,18). The lowest BCUT2D eigenvalue weighted by Gasteiger charge is -2.12. The van der Waals surface area contributed by atoms with Gasteiger partial charge in [0.1, 0.15) is 5.15 Å². The highest BCUT2D eigenvalue weighted by Crippen LogP contribution is 2.27. The fourth-order valence-electron chi connectivity index (χ4n) is 2.35. The highest BCUT2D eigenvalue weighted by molar-refractivity contribution is 7.10. The van der Waals surface area contributed by atoms with Crippen LogP contribution >= 0.6 is 22.9 Å². The molecule has 0 radical (unpaired) electrons. The van der Waals surface area contributed by atoms with E-state index >= 15 is 0 Å². The third-order valence-corrected chi connectivity index (χ3v) is 4.58. The first-order valence-electron chi connectivity index (χ1n) is 6.13. The second-order valence-corrected chi connectivity index (χ2v) is 6.10. The van der Waals surface area contributed by atoms with Crippen LogP contribution in [0.5, 0.6) is 0 Å². The first-order valence-corrected chi connectivity index (χ1v) is 7.38. The molecule has 98 valence electrons. The number of amides is 1. The number of halogens is 1. The van der Waals surface area contributed by atoms with Crippen molar-refractivity contribution in [3.63, 3.8) is 0 Å². The Kier molecular flexibility index (Phi) is 3.29. The number of nitrogens with zero attached hydrogens (tertiary/aromatic N) is 1. The molecular weight excluding hydrogens is 280 g/mol. The minimum atomic E-state index is -0.141. The van der Waals surface area contributed by atoms with E-state index in [1.54, 1.807) is 23.5 Å². The van der Waals surface area contributed by atoms with Crippen LogP contribution in [0.1, 0.15) is 26.5 Å². The van der Waals surface area contributed by atoms with Gasteiger partial charge in [0.15, 0.2) is 0 Å². The Balaban J connectivity index is 1.71. The van der Waals surface area contributed by atoms with E-state index < -0.39 is 0 Å². The van der Waals surface area contributed by atoms with E-state index in [0.29, 0.717) is 5.56 Å². The smallest absolute Gasteiger partial charge is 0.254 e. The topological polar surface area (TPSA) is 42.0 Å². The number of aryl methyl sites for hydroxylation is 1. The first-order chi connectivity index (χ1) is 9.13. The van der Waals surface area contributed by atoms with E-state index in [0.717, 1.165) is 18.5 Å². The molecule has 5 heteroatoms. The molecule has 3 rings (SSSR count). The van der Waals surface area contributed by atoms with Gasteiger partial charge >= 0.3 is 0 Å². The Morgan fingerprint density at radius 2 is 2.26 bits per heavy atom. The zero-order valence-corrected chi connectivity index (χ0v) is 12.0. The Labute approximate surface area is 120 Å². The minimum Gasteiger partial charge on any atom is -0.349 e. The minimum absolute atomic E-state index is 0.141. The van der Waals surface area contributed by atoms with Crippen LogP contribution in [0, 0.1) is 6.92 Å². The van der Waals surface area contributed by atoms with Gasteiger partial charge in [-0.3, -0.25) is 4.79 Å². The lowest BCUT2D eigenvalue weighted by atomic mass is 10.2. The molecule has 0 aromatic carbocycles. The van der Waals surface area contributed by atoms with Crippen molar-refractivity contribution in [2.24, 2.45) is 0 Å². The van der Waals surface area contributed by atoms with Crippen molar-refractivity contribution < 1.29 is 4.79 Å². The molecule has 1 atom stereocenters. The summed E-state index contributed by atoms with van der Waals surface area (Å²) in [6, 6.07) is 5.83. The van der Waals surface area contributed by atoms with Crippen LogP contribution in [0.2, 0.25) is 5.15 Å². The number of hydrogen-bond acceptors (Lipinski definition) is 3. The molecule has 1 aliphatic carbocycles. The molecule has 1 unspecified atom stereocenters. The van der Waals surface area contributed by atoms with Gasteiger partial charge < -0.3 is 5.32 Å². The lowest BCUT2D eigenvalue weighted by molar-refractivity contribution is 0.0938. The number of thiophene rings is 1. The molecular formula is C14H13ClN2OS. The molecule has 0 saturated carbocycles. The molecule has 2 aromatic rings. The van der Waals surface area contributed by atoms with Crippen molar-refractivity contribution in [1.82, 2.24) is 10.3 Å². The van der Waals surface area contributed by atoms with Gasteiger partial charge in [-0.05, 0) is 42.5 Å². The third kappa shape index (κ3) is 2.51. The molecule has 0 bridgehead atoms. The molecule has 0 fully saturated rings. The highest BCUT2D eigenvalue weighted by Gasteiger charge is 2.24. The van der Waals surface area contributed by atoms with Crippen LogP contribution in [-0.2, 0) is 12.8 Å². The summed E-state index contributed by atoms with van der Waals surface area (Å²) < 4.78 is 0. The van der Waals surface area contributed by atoms with Crippen LogP contribution in [0.15, 0.2) is 23.6 Å². The average Bonchev–Trinajstić information content (AvgIpc) is 2.89. The van der Waals surface area contributed by atoms with Gasteiger partial charge in [0.2, 0.25) is 0 Å². The summed E-state index contributed by atoms with van der Waals surface area (Å²) in [6.07, 6.45) is 1.82. The normalized spacial score (nSPS) is 17.3. The molecule has 1 aliphatic rings. The second kappa shape index (κ2) is 4.94. The Hall–Kier alpha value is -1.39. The molecule has 0 saturated heterocycles. The predicted octanol–water partition coefficient (Wildman–Crippen LogP) is 3.00. The zero-order chi connectivity index (χ0) is 13.4. The van der Waals surface area contributed by atoms with Gasteiger partial charge in [-0.15, -0.1) is 11.3 Å². The van der Waals surface area contributed by atoms with Crippen LogP contribution in [-0.4, -0.2) is 16.9 Å². The fourth-order valence-corrected chi connectivity index (χ4v) is 3.63. The van der Waals surface area contributed by atoms with E-state index in [-0.39, 0.29) is 17.1 Å². The van der Waals surface area contributed by atoms with Gasteiger partial charge in [-0.1, -0.05) is 11.6 Å². The summed E-state index contributed by atoms with van der Waals surface area (Å²) in [5, 5.41) is 5.40. The van der Waals surface area contributed by atoms with Crippen molar-refractivity contribution in [3.05, 3.63) is 50.4 Å². The second-order valence-electron chi connectivity index (χ2n) is 4.74. The number of hydrogen-bond donors (Lipinski definition) is 1. The van der Waals surface area contributed by atoms with Crippen LogP contribution < -0.4 is 5.32 Å². The van der Waals surface area contributed by atoms with Crippen molar-refractivity contribution in [2.45, 2.75) is 25.8 Å². The van der Waals surface area contributed by atoms with E-state index in [1.165, 1.54) is 10.4 Å². The van der Waals surface area contributed by atoms with Crippen LogP contribution in [0.25, 0.3) is 0 Å². The summed E-state index contributed by atoms with van der Waals surface area (Å²) in [6.45, 7) is 1.85. The molecule has 1 N–H and O–H groups in total. The van der Waals surface area contributed by atoms with Gasteiger partial charge in [-0.25, -0.2) is 4.98 Å². The summed E-state index contributed by atoms with van der Waals surface area (Å²) in [5.74, 6) is -0.141. The molecule has 2 aromatic heterocycles. The Bertz CT molecular complexity index is 618. The summed E-state index contributed by atoms with van der Waals surface area (Å²) in [5.41, 5.74) is 2.61. The monoisotopic (exact) mass is 292 g/mol. The maximum Gasteiger partial charge on any atom is 0.254 e. The SMILES string of the molecule is Cc1ccc(C(=O)NC2Cc3ccsc3C2)c(Cl)n1. The largest absolute Gasteiger partial charge is 0.349 e. The van der Waals surface area contributed by atoms with Gasteiger partial charge in [0.25, 0.3) is 5.91 Å². The molecule has 0 spiro atoms. The number of pyridine rings is 1. The number of carbonyl (C=O) groups is 1. The highest BCUT2D eigenvalue weighted by atomic mass is 35.5. The molecule has 19 heavy (non-hydrogen) atoms. The maximum atomic E-state index is 12.2. The van der Waals surface area contributed by atoms with Gasteiger partial charge in [0.05, 0.1) is 5.56 Å².